The minimum Gasteiger partial charge on any atom is -0.450 e. The Labute approximate surface area is 199 Å². The maximum atomic E-state index is 13.5. The van der Waals surface area contributed by atoms with Crippen molar-refractivity contribution in [1.82, 2.24) is 4.98 Å². The lowest BCUT2D eigenvalue weighted by Crippen LogP contribution is -2.29. The smallest absolute Gasteiger partial charge is 0.297 e. The van der Waals surface area contributed by atoms with Crippen molar-refractivity contribution in [3.05, 3.63) is 89.6 Å². The number of Topliss-reactive ketones (excluding diaryl/α,β-unsaturated/α-hetero) is 1. The molecule has 2 aromatic carbocycles. The van der Waals surface area contributed by atoms with E-state index >= 15 is 0 Å². The van der Waals surface area contributed by atoms with Crippen LogP contribution in [0.3, 0.4) is 0 Å². The van der Waals surface area contributed by atoms with E-state index in [0.29, 0.717) is 31.7 Å². The van der Waals surface area contributed by atoms with Crippen LogP contribution >= 0.6 is 38.9 Å². The minimum absolute atomic E-state index is 0.0324. The maximum Gasteiger partial charge on any atom is 0.297 e. The number of thiazole rings is 1. The second-order valence-electron chi connectivity index (χ2n) is 7.41. The molecule has 0 aliphatic carbocycles. The Morgan fingerprint density at radius 3 is 2.56 bits per heavy atom. The SMILES string of the molecule is CC(=O)c1sc(N2C(=O)c3oc4ccc(Cl)cc4c(=O)c3C2c2ccc(Br)cc2)nc1C. The molecule has 32 heavy (non-hydrogen) atoms. The lowest BCUT2D eigenvalue weighted by atomic mass is 9.99. The summed E-state index contributed by atoms with van der Waals surface area (Å²) in [5, 5.41) is 1.03. The Balaban J connectivity index is 1.81. The molecule has 0 spiro atoms. The fraction of sp³-hybridized carbons (Fsp3) is 0.130. The molecule has 4 aromatic rings. The molecular weight excluding hydrogens is 516 g/mol. The molecular formula is C23H14BrClN2O4S. The Hall–Kier alpha value is -2.81. The fourth-order valence-corrected chi connectivity index (χ4v) is 5.34. The number of nitrogens with zero attached hydrogens (tertiary/aromatic N) is 2. The van der Waals surface area contributed by atoms with E-state index in [4.69, 9.17) is 16.0 Å². The van der Waals surface area contributed by atoms with Crippen molar-refractivity contribution in [1.29, 1.82) is 0 Å². The van der Waals surface area contributed by atoms with Gasteiger partial charge >= 0.3 is 0 Å². The quantitative estimate of drug-likeness (QED) is 0.308. The average Bonchev–Trinajstić information content (AvgIpc) is 3.27. The molecule has 0 saturated heterocycles. The van der Waals surface area contributed by atoms with Gasteiger partial charge in [0.25, 0.3) is 5.91 Å². The van der Waals surface area contributed by atoms with Crippen molar-refractivity contribution in [2.45, 2.75) is 19.9 Å². The summed E-state index contributed by atoms with van der Waals surface area (Å²) in [7, 11) is 0. The second kappa shape index (κ2) is 7.65. The molecule has 3 heterocycles. The third-order valence-electron chi connectivity index (χ3n) is 5.33. The molecule has 0 bridgehead atoms. The highest BCUT2D eigenvalue weighted by Gasteiger charge is 2.45. The van der Waals surface area contributed by atoms with Crippen molar-refractivity contribution in [2.24, 2.45) is 0 Å². The molecule has 6 nitrogen and oxygen atoms in total. The van der Waals surface area contributed by atoms with E-state index < -0.39 is 11.9 Å². The van der Waals surface area contributed by atoms with Crippen LogP contribution in [0.15, 0.2) is 56.1 Å². The van der Waals surface area contributed by atoms with E-state index in [0.717, 1.165) is 15.8 Å². The van der Waals surface area contributed by atoms with Crippen LogP contribution in [0.2, 0.25) is 5.02 Å². The van der Waals surface area contributed by atoms with Gasteiger partial charge in [-0.1, -0.05) is 51.0 Å². The lowest BCUT2D eigenvalue weighted by Gasteiger charge is -2.22. The number of amides is 1. The standard InChI is InChI=1S/C23H14BrClN2O4S/c1-10-21(11(2)28)32-23(26-10)27-18(12-3-5-13(24)6-4-12)17-19(29)15-9-14(25)7-8-16(15)31-20(17)22(27)30/h3-9,18H,1-2H3. The van der Waals surface area contributed by atoms with Crippen molar-refractivity contribution in [3.63, 3.8) is 0 Å². The molecule has 1 aliphatic rings. The number of carbonyl (C=O) groups excluding carboxylic acids is 2. The fourth-order valence-electron chi connectivity index (χ4n) is 3.91. The summed E-state index contributed by atoms with van der Waals surface area (Å²) < 4.78 is 6.77. The zero-order chi connectivity index (χ0) is 22.7. The largest absolute Gasteiger partial charge is 0.450 e. The van der Waals surface area contributed by atoms with Gasteiger partial charge in [0.15, 0.2) is 16.3 Å². The number of carbonyl (C=O) groups is 2. The van der Waals surface area contributed by atoms with E-state index in [1.807, 2.05) is 24.3 Å². The van der Waals surface area contributed by atoms with Gasteiger partial charge in [0.2, 0.25) is 5.76 Å². The van der Waals surface area contributed by atoms with Crippen LogP contribution in [-0.2, 0) is 0 Å². The lowest BCUT2D eigenvalue weighted by molar-refractivity contribution is 0.0969. The Morgan fingerprint density at radius 1 is 1.19 bits per heavy atom. The predicted octanol–water partition coefficient (Wildman–Crippen LogP) is 5.93. The van der Waals surface area contributed by atoms with E-state index in [1.54, 1.807) is 19.1 Å². The molecule has 0 N–H and O–H groups in total. The predicted molar refractivity (Wildman–Crippen MR) is 127 cm³/mol. The van der Waals surface area contributed by atoms with Crippen LogP contribution in [0.5, 0.6) is 0 Å². The zero-order valence-electron chi connectivity index (χ0n) is 16.8. The molecule has 2 aromatic heterocycles. The monoisotopic (exact) mass is 528 g/mol. The highest BCUT2D eigenvalue weighted by atomic mass is 79.9. The molecule has 1 amide bonds. The number of aromatic nitrogens is 1. The first-order valence-electron chi connectivity index (χ1n) is 9.60. The van der Waals surface area contributed by atoms with Gasteiger partial charge in [-0.25, -0.2) is 4.98 Å². The van der Waals surface area contributed by atoms with Crippen LogP contribution in [0.1, 0.15) is 50.0 Å². The molecule has 1 atom stereocenters. The third kappa shape index (κ3) is 3.21. The van der Waals surface area contributed by atoms with Crippen molar-refractivity contribution in [3.8, 4) is 0 Å². The molecule has 0 fully saturated rings. The zero-order valence-corrected chi connectivity index (χ0v) is 20.0. The minimum atomic E-state index is -0.754. The summed E-state index contributed by atoms with van der Waals surface area (Å²) in [6, 6.07) is 11.3. The highest BCUT2D eigenvalue weighted by molar-refractivity contribution is 9.10. The first-order valence-corrected chi connectivity index (χ1v) is 11.6. The van der Waals surface area contributed by atoms with Gasteiger partial charge in [-0.2, -0.15) is 0 Å². The number of hydrogen-bond acceptors (Lipinski definition) is 6. The topological polar surface area (TPSA) is 80.5 Å². The summed E-state index contributed by atoms with van der Waals surface area (Å²) >= 11 is 10.7. The Morgan fingerprint density at radius 2 is 1.91 bits per heavy atom. The molecule has 160 valence electrons. The van der Waals surface area contributed by atoms with E-state index in [9.17, 15) is 14.4 Å². The Kier molecular flexibility index (Phi) is 5.03. The first-order chi connectivity index (χ1) is 15.3. The van der Waals surface area contributed by atoms with E-state index in [2.05, 4.69) is 20.9 Å². The summed E-state index contributed by atoms with van der Waals surface area (Å²) in [6.07, 6.45) is 0. The van der Waals surface area contributed by atoms with Gasteiger partial charge in [0.05, 0.1) is 27.6 Å². The second-order valence-corrected chi connectivity index (χ2v) is 9.74. The number of hydrogen-bond donors (Lipinski definition) is 0. The molecule has 1 aliphatic heterocycles. The number of ketones is 1. The number of fused-ring (bicyclic) bond motifs is 2. The van der Waals surface area contributed by atoms with E-state index in [-0.39, 0.29) is 28.1 Å². The third-order valence-corrected chi connectivity index (χ3v) is 7.35. The molecule has 1 unspecified atom stereocenters. The summed E-state index contributed by atoms with van der Waals surface area (Å²) in [5.41, 5.74) is 1.43. The van der Waals surface area contributed by atoms with Crippen LogP contribution < -0.4 is 10.3 Å². The van der Waals surface area contributed by atoms with Crippen LogP contribution in [0.25, 0.3) is 11.0 Å². The number of anilines is 1. The van der Waals surface area contributed by atoms with Crippen molar-refractivity contribution >= 4 is 66.7 Å². The van der Waals surface area contributed by atoms with Crippen LogP contribution in [0.4, 0.5) is 5.13 Å². The van der Waals surface area contributed by atoms with E-state index in [1.165, 1.54) is 17.9 Å². The first kappa shape index (κ1) is 21.1. The number of benzene rings is 2. The maximum absolute atomic E-state index is 13.5. The number of rotatable bonds is 3. The van der Waals surface area contributed by atoms with Crippen molar-refractivity contribution in [2.75, 3.05) is 4.90 Å². The molecule has 0 radical (unpaired) electrons. The summed E-state index contributed by atoms with van der Waals surface area (Å²) in [6.45, 7) is 3.18. The molecule has 9 heteroatoms. The average molecular weight is 530 g/mol. The van der Waals surface area contributed by atoms with Crippen LogP contribution in [0, 0.1) is 6.92 Å². The Bertz CT molecular complexity index is 1490. The van der Waals surface area contributed by atoms with Gasteiger partial charge in [0, 0.05) is 16.4 Å². The van der Waals surface area contributed by atoms with Gasteiger partial charge in [-0.3, -0.25) is 19.3 Å². The molecule has 5 rings (SSSR count). The van der Waals surface area contributed by atoms with Crippen molar-refractivity contribution < 1.29 is 14.0 Å². The summed E-state index contributed by atoms with van der Waals surface area (Å²) in [5.74, 6) is -0.647. The van der Waals surface area contributed by atoms with Gasteiger partial charge in [-0.05, 0) is 42.8 Å². The summed E-state index contributed by atoms with van der Waals surface area (Å²) in [4.78, 5) is 45.5. The van der Waals surface area contributed by atoms with Gasteiger partial charge < -0.3 is 4.42 Å². The van der Waals surface area contributed by atoms with Gasteiger partial charge in [-0.15, -0.1) is 0 Å². The van der Waals surface area contributed by atoms with Gasteiger partial charge in [0.1, 0.15) is 5.58 Å². The number of halogens is 2. The normalized spacial score (nSPS) is 15.4. The number of aryl methyl sites for hydroxylation is 1. The highest BCUT2D eigenvalue weighted by Crippen LogP contribution is 2.43. The van der Waals surface area contributed by atoms with Crippen LogP contribution in [-0.4, -0.2) is 16.7 Å². The molecule has 0 saturated carbocycles.